The second-order valence-corrected chi connectivity index (χ2v) is 5.81. The van der Waals surface area contributed by atoms with Crippen LogP contribution in [0.2, 0.25) is 0 Å². The zero-order chi connectivity index (χ0) is 17.5. The number of hydrogen-bond acceptors (Lipinski definition) is 2. The van der Waals surface area contributed by atoms with Gasteiger partial charge in [0.25, 0.3) is 5.91 Å². The maximum atomic E-state index is 12.5. The Morgan fingerprint density at radius 3 is 2.16 bits per heavy atom. The molecule has 3 aromatic carbocycles. The van der Waals surface area contributed by atoms with Gasteiger partial charge in [-0.3, -0.25) is 4.79 Å². The smallest absolute Gasteiger partial charge is 0.252 e. The highest BCUT2D eigenvalue weighted by Crippen LogP contribution is 2.30. The summed E-state index contributed by atoms with van der Waals surface area (Å²) in [5, 5.41) is 0. The lowest BCUT2D eigenvalue weighted by Crippen LogP contribution is -2.30. The highest BCUT2D eigenvalue weighted by Gasteiger charge is 2.15. The molecule has 0 aliphatic carbocycles. The molecule has 0 saturated carbocycles. The first kappa shape index (κ1) is 16.9. The van der Waals surface area contributed by atoms with Gasteiger partial charge in [-0.1, -0.05) is 78.9 Å². The van der Waals surface area contributed by atoms with Crippen LogP contribution in [0.5, 0.6) is 0 Å². The third-order valence-electron chi connectivity index (χ3n) is 4.06. The van der Waals surface area contributed by atoms with E-state index in [0.29, 0.717) is 6.61 Å². The van der Waals surface area contributed by atoms with Gasteiger partial charge in [0, 0.05) is 12.6 Å². The van der Waals surface area contributed by atoms with Gasteiger partial charge in [-0.15, -0.1) is 0 Å². The first-order valence-corrected chi connectivity index (χ1v) is 8.28. The normalized spacial score (nSPS) is 10.4. The Kier molecular flexibility index (Phi) is 5.60. The van der Waals surface area contributed by atoms with Gasteiger partial charge in [0.1, 0.15) is 6.61 Å². The van der Waals surface area contributed by atoms with E-state index in [4.69, 9.17) is 4.74 Å². The van der Waals surface area contributed by atoms with Crippen LogP contribution >= 0.6 is 0 Å². The number of carbonyl (C=O) groups is 1. The first-order valence-electron chi connectivity index (χ1n) is 8.28. The largest absolute Gasteiger partial charge is 0.367 e. The van der Waals surface area contributed by atoms with E-state index >= 15 is 0 Å². The number of rotatable bonds is 6. The standard InChI is InChI=1S/C22H21NO2/c1-23(22(24)17-25-16-18-10-4-2-5-11-18)21-15-9-8-14-20(21)19-12-6-3-7-13-19/h2-15H,16-17H2,1H3. The number of carbonyl (C=O) groups excluding carboxylic acids is 1. The number of amides is 1. The minimum absolute atomic E-state index is 0.0501. The monoisotopic (exact) mass is 331 g/mol. The molecule has 0 atom stereocenters. The third-order valence-corrected chi connectivity index (χ3v) is 4.06. The van der Waals surface area contributed by atoms with Crippen molar-refractivity contribution in [1.82, 2.24) is 0 Å². The van der Waals surface area contributed by atoms with Gasteiger partial charge >= 0.3 is 0 Å². The van der Waals surface area contributed by atoms with Gasteiger partial charge in [0.05, 0.1) is 12.3 Å². The van der Waals surface area contributed by atoms with Crippen molar-refractivity contribution in [2.24, 2.45) is 0 Å². The summed E-state index contributed by atoms with van der Waals surface area (Å²) in [4.78, 5) is 14.2. The van der Waals surface area contributed by atoms with E-state index in [9.17, 15) is 4.79 Å². The number of hydrogen-bond donors (Lipinski definition) is 0. The zero-order valence-corrected chi connectivity index (χ0v) is 14.3. The molecule has 0 aromatic heterocycles. The molecular weight excluding hydrogens is 310 g/mol. The van der Waals surface area contributed by atoms with Gasteiger partial charge in [-0.2, -0.15) is 0 Å². The second-order valence-electron chi connectivity index (χ2n) is 5.81. The molecule has 0 aliphatic rings. The first-order chi connectivity index (χ1) is 12.3. The summed E-state index contributed by atoms with van der Waals surface area (Å²) in [5.74, 6) is -0.0701. The van der Waals surface area contributed by atoms with Crippen LogP contribution in [0.1, 0.15) is 5.56 Å². The number of ether oxygens (including phenoxy) is 1. The van der Waals surface area contributed by atoms with Crippen LogP contribution in [0.4, 0.5) is 5.69 Å². The van der Waals surface area contributed by atoms with Crippen LogP contribution in [-0.2, 0) is 16.1 Å². The van der Waals surface area contributed by atoms with E-state index < -0.39 is 0 Å². The molecule has 3 nitrogen and oxygen atoms in total. The summed E-state index contributed by atoms with van der Waals surface area (Å²) in [5.41, 5.74) is 4.05. The van der Waals surface area contributed by atoms with Crippen LogP contribution in [0.15, 0.2) is 84.9 Å². The van der Waals surface area contributed by atoms with Gasteiger partial charge in [-0.25, -0.2) is 0 Å². The molecule has 0 radical (unpaired) electrons. The van der Waals surface area contributed by atoms with Gasteiger partial charge in [-0.05, 0) is 17.2 Å². The summed E-state index contributed by atoms with van der Waals surface area (Å²) in [7, 11) is 1.79. The highest BCUT2D eigenvalue weighted by molar-refractivity contribution is 5.98. The Labute approximate surface area is 148 Å². The van der Waals surface area contributed by atoms with Gasteiger partial charge < -0.3 is 9.64 Å². The predicted molar refractivity (Wildman–Crippen MR) is 101 cm³/mol. The summed E-state index contributed by atoms with van der Waals surface area (Å²) in [6.07, 6.45) is 0. The molecule has 0 unspecified atom stereocenters. The summed E-state index contributed by atoms with van der Waals surface area (Å²) < 4.78 is 5.58. The van der Waals surface area contributed by atoms with Crippen molar-refractivity contribution in [1.29, 1.82) is 0 Å². The van der Waals surface area contributed by atoms with Crippen LogP contribution in [0.3, 0.4) is 0 Å². The molecule has 0 fully saturated rings. The molecule has 1 amide bonds. The van der Waals surface area contributed by atoms with Crippen LogP contribution < -0.4 is 4.90 Å². The molecule has 0 bridgehead atoms. The van der Waals surface area contributed by atoms with Crippen molar-refractivity contribution in [3.05, 3.63) is 90.5 Å². The van der Waals surface area contributed by atoms with E-state index in [1.807, 2.05) is 84.9 Å². The fourth-order valence-corrected chi connectivity index (χ4v) is 2.69. The van der Waals surface area contributed by atoms with Gasteiger partial charge in [0.15, 0.2) is 0 Å². The molecular formula is C22H21NO2. The van der Waals surface area contributed by atoms with Gasteiger partial charge in [0.2, 0.25) is 0 Å². The Morgan fingerprint density at radius 2 is 1.44 bits per heavy atom. The van der Waals surface area contributed by atoms with E-state index in [1.54, 1.807) is 11.9 Å². The van der Waals surface area contributed by atoms with Crippen molar-refractivity contribution in [2.75, 3.05) is 18.6 Å². The molecule has 3 aromatic rings. The van der Waals surface area contributed by atoms with Crippen LogP contribution in [0, 0.1) is 0 Å². The lowest BCUT2D eigenvalue weighted by atomic mass is 10.0. The molecule has 126 valence electrons. The molecule has 0 heterocycles. The third kappa shape index (κ3) is 4.34. The average Bonchev–Trinajstić information content (AvgIpc) is 2.69. The molecule has 0 N–H and O–H groups in total. The number of anilines is 1. The fraction of sp³-hybridized carbons (Fsp3) is 0.136. The van der Waals surface area contributed by atoms with Crippen molar-refractivity contribution in [3.63, 3.8) is 0 Å². The van der Waals surface area contributed by atoms with E-state index in [0.717, 1.165) is 22.4 Å². The Morgan fingerprint density at radius 1 is 0.840 bits per heavy atom. The molecule has 3 heteroatoms. The zero-order valence-electron chi connectivity index (χ0n) is 14.3. The Balaban J connectivity index is 1.68. The molecule has 0 aliphatic heterocycles. The minimum Gasteiger partial charge on any atom is -0.367 e. The SMILES string of the molecule is CN(C(=O)COCc1ccccc1)c1ccccc1-c1ccccc1. The summed E-state index contributed by atoms with van der Waals surface area (Å²) in [6.45, 7) is 0.481. The van der Waals surface area contributed by atoms with Crippen molar-refractivity contribution >= 4 is 11.6 Å². The quantitative estimate of drug-likeness (QED) is 0.664. The van der Waals surface area contributed by atoms with E-state index in [1.165, 1.54) is 0 Å². The van der Waals surface area contributed by atoms with Crippen molar-refractivity contribution < 1.29 is 9.53 Å². The summed E-state index contributed by atoms with van der Waals surface area (Å²) >= 11 is 0. The fourth-order valence-electron chi connectivity index (χ4n) is 2.69. The van der Waals surface area contributed by atoms with Crippen LogP contribution in [-0.4, -0.2) is 19.6 Å². The average molecular weight is 331 g/mol. The topological polar surface area (TPSA) is 29.5 Å². The minimum atomic E-state index is -0.0701. The Hall–Kier alpha value is -2.91. The maximum absolute atomic E-state index is 12.5. The Bertz CT molecular complexity index is 816. The number of likely N-dealkylation sites (N-methyl/N-ethyl adjacent to an activating group) is 1. The van der Waals surface area contributed by atoms with Crippen LogP contribution in [0.25, 0.3) is 11.1 Å². The molecule has 3 rings (SSSR count). The lowest BCUT2D eigenvalue weighted by molar-refractivity contribution is -0.123. The maximum Gasteiger partial charge on any atom is 0.252 e. The van der Waals surface area contributed by atoms with E-state index in [2.05, 4.69) is 0 Å². The number of benzene rings is 3. The van der Waals surface area contributed by atoms with Crippen molar-refractivity contribution in [2.45, 2.75) is 6.61 Å². The molecule has 25 heavy (non-hydrogen) atoms. The van der Waals surface area contributed by atoms with E-state index in [-0.39, 0.29) is 12.5 Å². The lowest BCUT2D eigenvalue weighted by Gasteiger charge is -2.21. The number of nitrogens with zero attached hydrogens (tertiary/aromatic N) is 1. The summed E-state index contributed by atoms with van der Waals surface area (Å²) in [6, 6.07) is 27.8. The van der Waals surface area contributed by atoms with Crippen molar-refractivity contribution in [3.8, 4) is 11.1 Å². The second kappa shape index (κ2) is 8.27. The number of para-hydroxylation sites is 1. The molecule has 0 spiro atoms. The predicted octanol–water partition coefficient (Wildman–Crippen LogP) is 4.53. The highest BCUT2D eigenvalue weighted by atomic mass is 16.5. The molecule has 0 saturated heterocycles.